The summed E-state index contributed by atoms with van der Waals surface area (Å²) in [6, 6.07) is 10.4. The Morgan fingerprint density at radius 1 is 1.11 bits per heavy atom. The molecule has 0 bridgehead atoms. The highest BCUT2D eigenvalue weighted by Crippen LogP contribution is 2.14. The molecule has 0 saturated heterocycles. The fraction of sp³-hybridized carbons (Fsp3) is 0.200. The van der Waals surface area contributed by atoms with Crippen molar-refractivity contribution < 1.29 is 0 Å². The monoisotopic (exact) mass is 252 g/mol. The predicted molar refractivity (Wildman–Crippen MR) is 75.8 cm³/mol. The molecule has 2 N–H and O–H groups in total. The lowest BCUT2D eigenvalue weighted by Gasteiger charge is -2.08. The Hall–Kier alpha value is -2.20. The van der Waals surface area contributed by atoms with Crippen LogP contribution in [0.1, 0.15) is 11.4 Å². The van der Waals surface area contributed by atoms with E-state index < -0.39 is 0 Å². The lowest BCUT2D eigenvalue weighted by atomic mass is 10.1. The highest BCUT2D eigenvalue weighted by molar-refractivity contribution is 5.78. The number of nitrogens with two attached hydrogens (primary N) is 1. The second-order valence-corrected chi connectivity index (χ2v) is 4.54. The average Bonchev–Trinajstić information content (AvgIpc) is 2.86. The minimum Gasteiger partial charge on any atom is -0.330 e. The van der Waals surface area contributed by atoms with Gasteiger partial charge in [0.05, 0.1) is 5.52 Å². The van der Waals surface area contributed by atoms with Gasteiger partial charge in [-0.2, -0.15) is 0 Å². The summed E-state index contributed by atoms with van der Waals surface area (Å²) in [6.07, 6.45) is 6.45. The van der Waals surface area contributed by atoms with Gasteiger partial charge in [-0.1, -0.05) is 12.1 Å². The van der Waals surface area contributed by atoms with E-state index in [0.717, 1.165) is 24.3 Å². The number of imidazole rings is 1. The zero-order valence-electron chi connectivity index (χ0n) is 10.7. The highest BCUT2D eigenvalue weighted by atomic mass is 15.1. The Labute approximate surface area is 111 Å². The molecule has 0 radical (unpaired) electrons. The van der Waals surface area contributed by atoms with Crippen molar-refractivity contribution in [3.05, 3.63) is 60.3 Å². The van der Waals surface area contributed by atoms with Crippen molar-refractivity contribution in [2.24, 2.45) is 5.73 Å². The number of aromatic nitrogens is 3. The first-order valence-electron chi connectivity index (χ1n) is 6.40. The average molecular weight is 252 g/mol. The van der Waals surface area contributed by atoms with E-state index in [1.165, 1.54) is 10.9 Å². The summed E-state index contributed by atoms with van der Waals surface area (Å²) < 4.78 is 2.14. The number of benzene rings is 1. The fourth-order valence-corrected chi connectivity index (χ4v) is 2.26. The van der Waals surface area contributed by atoms with E-state index in [0.29, 0.717) is 6.54 Å². The summed E-state index contributed by atoms with van der Waals surface area (Å²) in [7, 11) is 0. The molecule has 3 aromatic rings. The van der Waals surface area contributed by atoms with Crippen LogP contribution in [-0.2, 0) is 13.0 Å². The minimum atomic E-state index is 0.624. The summed E-state index contributed by atoms with van der Waals surface area (Å²) >= 11 is 0. The molecule has 0 saturated carbocycles. The van der Waals surface area contributed by atoms with Gasteiger partial charge >= 0.3 is 0 Å². The molecule has 0 aliphatic carbocycles. The summed E-state index contributed by atoms with van der Waals surface area (Å²) in [5.74, 6) is 1.04. The third-order valence-electron chi connectivity index (χ3n) is 3.19. The first-order valence-corrected chi connectivity index (χ1v) is 6.40. The largest absolute Gasteiger partial charge is 0.330 e. The van der Waals surface area contributed by atoms with Gasteiger partial charge in [-0.05, 0) is 30.3 Å². The molecule has 3 rings (SSSR count). The van der Waals surface area contributed by atoms with Gasteiger partial charge in [0.1, 0.15) is 5.82 Å². The van der Waals surface area contributed by atoms with Crippen LogP contribution in [0.2, 0.25) is 0 Å². The molecule has 0 fully saturated rings. The van der Waals surface area contributed by atoms with E-state index in [1.807, 2.05) is 24.7 Å². The standard InChI is InChI=1S/C15H16N4/c16-6-5-15-18-8-9-19(15)11-12-3-4-14-13(10-12)2-1-7-17-14/h1-4,7-10H,5-6,11,16H2. The van der Waals surface area contributed by atoms with Gasteiger partial charge in [0, 0.05) is 36.9 Å². The van der Waals surface area contributed by atoms with Crippen molar-refractivity contribution in [1.29, 1.82) is 0 Å². The Balaban J connectivity index is 1.90. The fourth-order valence-electron chi connectivity index (χ4n) is 2.26. The van der Waals surface area contributed by atoms with Gasteiger partial charge in [-0.25, -0.2) is 4.98 Å². The predicted octanol–water partition coefficient (Wildman–Crippen LogP) is 1.98. The zero-order valence-corrected chi connectivity index (χ0v) is 10.7. The van der Waals surface area contributed by atoms with Gasteiger partial charge in [0.25, 0.3) is 0 Å². The first kappa shape index (κ1) is 11.9. The Morgan fingerprint density at radius 3 is 2.95 bits per heavy atom. The van der Waals surface area contributed by atoms with Crippen LogP contribution in [0.4, 0.5) is 0 Å². The van der Waals surface area contributed by atoms with E-state index in [9.17, 15) is 0 Å². The van der Waals surface area contributed by atoms with Crippen LogP contribution < -0.4 is 5.73 Å². The molecule has 2 heterocycles. The maximum absolute atomic E-state index is 5.59. The topological polar surface area (TPSA) is 56.7 Å². The molecule has 0 aliphatic heterocycles. The lowest BCUT2D eigenvalue weighted by Crippen LogP contribution is -2.10. The SMILES string of the molecule is NCCc1nccn1Cc1ccc2ncccc2c1. The number of nitrogens with zero attached hydrogens (tertiary/aromatic N) is 3. The molecule has 0 aliphatic rings. The maximum Gasteiger partial charge on any atom is 0.110 e. The minimum absolute atomic E-state index is 0.624. The van der Waals surface area contributed by atoms with Crippen LogP contribution in [0.15, 0.2) is 48.9 Å². The molecule has 0 atom stereocenters. The molecular weight excluding hydrogens is 236 g/mol. The summed E-state index contributed by atoms with van der Waals surface area (Å²) in [4.78, 5) is 8.67. The van der Waals surface area contributed by atoms with Crippen LogP contribution in [0.25, 0.3) is 10.9 Å². The van der Waals surface area contributed by atoms with Crippen LogP contribution in [-0.4, -0.2) is 21.1 Å². The molecule has 0 unspecified atom stereocenters. The lowest BCUT2D eigenvalue weighted by molar-refractivity contribution is 0.717. The van der Waals surface area contributed by atoms with Crippen LogP contribution in [0.3, 0.4) is 0 Å². The second-order valence-electron chi connectivity index (χ2n) is 4.54. The highest BCUT2D eigenvalue weighted by Gasteiger charge is 2.03. The number of fused-ring (bicyclic) bond motifs is 1. The van der Waals surface area contributed by atoms with E-state index in [-0.39, 0.29) is 0 Å². The van der Waals surface area contributed by atoms with E-state index in [1.54, 1.807) is 0 Å². The maximum atomic E-state index is 5.59. The molecular formula is C15H16N4. The van der Waals surface area contributed by atoms with Gasteiger partial charge in [0.2, 0.25) is 0 Å². The number of rotatable bonds is 4. The number of pyridine rings is 1. The smallest absolute Gasteiger partial charge is 0.110 e. The summed E-state index contributed by atoms with van der Waals surface area (Å²) in [5.41, 5.74) is 7.87. The third kappa shape index (κ3) is 2.48. The molecule has 0 spiro atoms. The van der Waals surface area contributed by atoms with E-state index >= 15 is 0 Å². The van der Waals surface area contributed by atoms with Crippen molar-refractivity contribution in [3.8, 4) is 0 Å². The zero-order chi connectivity index (χ0) is 13.1. The Morgan fingerprint density at radius 2 is 2.05 bits per heavy atom. The van der Waals surface area contributed by atoms with Crippen molar-refractivity contribution >= 4 is 10.9 Å². The van der Waals surface area contributed by atoms with Crippen molar-refractivity contribution in [2.75, 3.05) is 6.54 Å². The van der Waals surface area contributed by atoms with Crippen molar-refractivity contribution in [3.63, 3.8) is 0 Å². The summed E-state index contributed by atoms with van der Waals surface area (Å²) in [5, 5.41) is 1.17. The second kappa shape index (κ2) is 5.20. The Kier molecular flexibility index (Phi) is 3.25. The van der Waals surface area contributed by atoms with Crippen LogP contribution >= 0.6 is 0 Å². The molecule has 0 amide bonds. The number of hydrogen-bond donors (Lipinski definition) is 1. The first-order chi connectivity index (χ1) is 9.36. The third-order valence-corrected chi connectivity index (χ3v) is 3.19. The van der Waals surface area contributed by atoms with Crippen molar-refractivity contribution in [1.82, 2.24) is 14.5 Å². The molecule has 4 heteroatoms. The van der Waals surface area contributed by atoms with Gasteiger partial charge in [-0.15, -0.1) is 0 Å². The normalized spacial score (nSPS) is 11.0. The molecule has 96 valence electrons. The molecule has 1 aromatic carbocycles. The quantitative estimate of drug-likeness (QED) is 0.772. The van der Waals surface area contributed by atoms with Gasteiger partial charge in [-0.3, -0.25) is 4.98 Å². The van der Waals surface area contributed by atoms with Crippen LogP contribution in [0, 0.1) is 0 Å². The van der Waals surface area contributed by atoms with Crippen LogP contribution in [0.5, 0.6) is 0 Å². The van der Waals surface area contributed by atoms with Gasteiger partial charge < -0.3 is 10.3 Å². The van der Waals surface area contributed by atoms with Crippen molar-refractivity contribution in [2.45, 2.75) is 13.0 Å². The number of hydrogen-bond acceptors (Lipinski definition) is 3. The molecule has 4 nitrogen and oxygen atoms in total. The molecule has 19 heavy (non-hydrogen) atoms. The van der Waals surface area contributed by atoms with E-state index in [4.69, 9.17) is 5.73 Å². The van der Waals surface area contributed by atoms with Gasteiger partial charge in [0.15, 0.2) is 0 Å². The Bertz CT molecular complexity index is 687. The molecule has 2 aromatic heterocycles. The summed E-state index contributed by atoms with van der Waals surface area (Å²) in [6.45, 7) is 1.44. The van der Waals surface area contributed by atoms with E-state index in [2.05, 4.69) is 38.8 Å².